The fourth-order valence-corrected chi connectivity index (χ4v) is 2.45. The van der Waals surface area contributed by atoms with Crippen molar-refractivity contribution in [1.29, 1.82) is 0 Å². The third-order valence-electron chi connectivity index (χ3n) is 3.88. The average Bonchev–Trinajstić information content (AvgIpc) is 3.14. The van der Waals surface area contributed by atoms with Crippen molar-refractivity contribution in [3.05, 3.63) is 35.4 Å². The molecule has 4 nitrogen and oxygen atoms in total. The number of guanidine groups is 1. The molecule has 1 heterocycles. The van der Waals surface area contributed by atoms with E-state index in [1.807, 2.05) is 38.1 Å². The van der Waals surface area contributed by atoms with Gasteiger partial charge in [0.15, 0.2) is 5.96 Å². The maximum atomic E-state index is 12.4. The van der Waals surface area contributed by atoms with Gasteiger partial charge in [-0.05, 0) is 31.7 Å². The van der Waals surface area contributed by atoms with Crippen LogP contribution in [0.5, 0.6) is 0 Å². The fourth-order valence-electron chi connectivity index (χ4n) is 2.45. The number of aliphatic imine (C=N–C) groups is 1. The van der Waals surface area contributed by atoms with Crippen molar-refractivity contribution < 1.29 is 4.79 Å². The summed E-state index contributed by atoms with van der Waals surface area (Å²) in [6, 6.07) is 8.51. The minimum Gasteiger partial charge on any atom is -0.338 e. The first-order valence-electron chi connectivity index (χ1n) is 6.88. The van der Waals surface area contributed by atoms with Crippen LogP contribution in [0.1, 0.15) is 37.3 Å². The van der Waals surface area contributed by atoms with E-state index in [1.54, 1.807) is 0 Å². The molecule has 1 aromatic carbocycles. The van der Waals surface area contributed by atoms with Crippen molar-refractivity contribution in [2.24, 2.45) is 4.99 Å². The summed E-state index contributed by atoms with van der Waals surface area (Å²) in [5.41, 5.74) is 1.53. The molecule has 4 heteroatoms. The SMILES string of the molecule is CCC1(c2ccc(C)cc2)NC(=NC2CC2)NC1=O. The van der Waals surface area contributed by atoms with Gasteiger partial charge < -0.3 is 5.32 Å². The summed E-state index contributed by atoms with van der Waals surface area (Å²) in [6.45, 7) is 4.07. The molecule has 1 saturated carbocycles. The van der Waals surface area contributed by atoms with E-state index in [4.69, 9.17) is 0 Å². The lowest BCUT2D eigenvalue weighted by Gasteiger charge is -2.25. The lowest BCUT2D eigenvalue weighted by Crippen LogP contribution is -2.43. The predicted octanol–water partition coefficient (Wildman–Crippen LogP) is 1.84. The Hall–Kier alpha value is -1.84. The lowest BCUT2D eigenvalue weighted by atomic mass is 9.87. The van der Waals surface area contributed by atoms with Crippen LogP contribution in [0.15, 0.2) is 29.3 Å². The van der Waals surface area contributed by atoms with Gasteiger partial charge in [0.2, 0.25) is 0 Å². The summed E-state index contributed by atoms with van der Waals surface area (Å²) in [5, 5.41) is 6.18. The maximum Gasteiger partial charge on any atom is 0.257 e. The Morgan fingerprint density at radius 2 is 2.00 bits per heavy atom. The van der Waals surface area contributed by atoms with E-state index in [0.717, 1.165) is 18.4 Å². The normalized spacial score (nSPS) is 28.3. The second kappa shape index (κ2) is 4.37. The molecule has 0 aromatic heterocycles. The Morgan fingerprint density at radius 3 is 2.58 bits per heavy atom. The second-order valence-corrected chi connectivity index (χ2v) is 5.41. The summed E-state index contributed by atoms with van der Waals surface area (Å²) in [7, 11) is 0. The van der Waals surface area contributed by atoms with Crippen LogP contribution >= 0.6 is 0 Å². The fraction of sp³-hybridized carbons (Fsp3) is 0.467. The lowest BCUT2D eigenvalue weighted by molar-refractivity contribution is -0.124. The van der Waals surface area contributed by atoms with Gasteiger partial charge in [0.25, 0.3) is 5.91 Å². The van der Waals surface area contributed by atoms with Gasteiger partial charge in [-0.15, -0.1) is 0 Å². The Labute approximate surface area is 113 Å². The first kappa shape index (κ1) is 12.2. The highest BCUT2D eigenvalue weighted by Crippen LogP contribution is 2.30. The van der Waals surface area contributed by atoms with Crippen molar-refractivity contribution in [3.8, 4) is 0 Å². The molecule has 0 spiro atoms. The second-order valence-electron chi connectivity index (χ2n) is 5.41. The van der Waals surface area contributed by atoms with Crippen molar-refractivity contribution in [1.82, 2.24) is 10.6 Å². The zero-order valence-electron chi connectivity index (χ0n) is 11.4. The van der Waals surface area contributed by atoms with Crippen LogP contribution in [0.4, 0.5) is 0 Å². The van der Waals surface area contributed by atoms with Crippen molar-refractivity contribution >= 4 is 11.9 Å². The first-order valence-corrected chi connectivity index (χ1v) is 6.88. The minimum absolute atomic E-state index is 0.00162. The molecule has 1 aliphatic heterocycles. The highest BCUT2D eigenvalue weighted by molar-refractivity contribution is 6.09. The number of aryl methyl sites for hydroxylation is 1. The number of rotatable bonds is 3. The molecule has 19 heavy (non-hydrogen) atoms. The maximum absolute atomic E-state index is 12.4. The molecular formula is C15H19N3O. The zero-order valence-corrected chi connectivity index (χ0v) is 11.4. The third kappa shape index (κ3) is 2.11. The van der Waals surface area contributed by atoms with Crippen LogP contribution in [-0.2, 0) is 10.3 Å². The quantitative estimate of drug-likeness (QED) is 0.868. The molecule has 2 fully saturated rings. The molecule has 3 rings (SSSR count). The molecule has 100 valence electrons. The summed E-state index contributed by atoms with van der Waals surface area (Å²) < 4.78 is 0. The summed E-state index contributed by atoms with van der Waals surface area (Å²) in [4.78, 5) is 16.9. The smallest absolute Gasteiger partial charge is 0.257 e. The Balaban J connectivity index is 1.94. The summed E-state index contributed by atoms with van der Waals surface area (Å²) >= 11 is 0. The number of hydrogen-bond donors (Lipinski definition) is 2. The van der Waals surface area contributed by atoms with Crippen LogP contribution in [-0.4, -0.2) is 17.9 Å². The van der Waals surface area contributed by atoms with Gasteiger partial charge in [0.05, 0.1) is 6.04 Å². The Morgan fingerprint density at radius 1 is 1.32 bits per heavy atom. The van der Waals surface area contributed by atoms with Crippen LogP contribution in [0.25, 0.3) is 0 Å². The minimum atomic E-state index is -0.665. The van der Waals surface area contributed by atoms with E-state index in [0.29, 0.717) is 18.4 Å². The van der Waals surface area contributed by atoms with Gasteiger partial charge in [-0.3, -0.25) is 10.1 Å². The van der Waals surface area contributed by atoms with E-state index in [9.17, 15) is 4.79 Å². The number of carbonyl (C=O) groups is 1. The number of carbonyl (C=O) groups excluding carboxylic acids is 1. The zero-order chi connectivity index (χ0) is 13.5. The molecule has 1 amide bonds. The molecule has 1 saturated heterocycles. The third-order valence-corrected chi connectivity index (χ3v) is 3.88. The highest BCUT2D eigenvalue weighted by Gasteiger charge is 2.45. The van der Waals surface area contributed by atoms with Gasteiger partial charge in [0.1, 0.15) is 5.54 Å². The number of nitrogens with one attached hydrogen (secondary N) is 2. The first-order chi connectivity index (χ1) is 9.14. The summed E-state index contributed by atoms with van der Waals surface area (Å²) in [6.07, 6.45) is 2.96. The Bertz CT molecular complexity index is 531. The van der Waals surface area contributed by atoms with Crippen LogP contribution < -0.4 is 10.6 Å². The number of nitrogens with zero attached hydrogens (tertiary/aromatic N) is 1. The van der Waals surface area contributed by atoms with Gasteiger partial charge in [-0.1, -0.05) is 36.8 Å². The number of amides is 1. The van der Waals surface area contributed by atoms with E-state index in [2.05, 4.69) is 15.6 Å². The molecule has 1 aliphatic carbocycles. The topological polar surface area (TPSA) is 53.5 Å². The van der Waals surface area contributed by atoms with Gasteiger partial charge in [-0.25, -0.2) is 4.99 Å². The van der Waals surface area contributed by atoms with Crippen LogP contribution in [0, 0.1) is 6.92 Å². The molecule has 1 aromatic rings. The largest absolute Gasteiger partial charge is 0.338 e. The molecule has 1 atom stereocenters. The van der Waals surface area contributed by atoms with E-state index in [1.165, 1.54) is 5.56 Å². The average molecular weight is 257 g/mol. The Kier molecular flexibility index (Phi) is 2.81. The number of hydrogen-bond acceptors (Lipinski definition) is 2. The highest BCUT2D eigenvalue weighted by atomic mass is 16.2. The van der Waals surface area contributed by atoms with Crippen molar-refractivity contribution in [3.63, 3.8) is 0 Å². The molecule has 1 unspecified atom stereocenters. The van der Waals surface area contributed by atoms with Gasteiger partial charge in [0, 0.05) is 0 Å². The standard InChI is InChI=1S/C15H19N3O/c1-3-15(11-6-4-10(2)5-7-11)13(19)17-14(18-15)16-12-8-9-12/h4-7,12H,3,8-9H2,1-2H3,(H2,16,17,18,19). The molecule has 2 aliphatic rings. The van der Waals surface area contributed by atoms with E-state index in [-0.39, 0.29) is 5.91 Å². The molecule has 0 bridgehead atoms. The molecule has 2 N–H and O–H groups in total. The summed E-state index contributed by atoms with van der Waals surface area (Å²) in [5.74, 6) is 0.633. The van der Waals surface area contributed by atoms with Crippen LogP contribution in [0.2, 0.25) is 0 Å². The van der Waals surface area contributed by atoms with Crippen molar-refractivity contribution in [2.75, 3.05) is 0 Å². The van der Waals surface area contributed by atoms with Gasteiger partial charge in [-0.2, -0.15) is 0 Å². The number of benzene rings is 1. The van der Waals surface area contributed by atoms with E-state index < -0.39 is 5.54 Å². The van der Waals surface area contributed by atoms with Crippen molar-refractivity contribution in [2.45, 2.75) is 44.7 Å². The van der Waals surface area contributed by atoms with E-state index >= 15 is 0 Å². The van der Waals surface area contributed by atoms with Crippen LogP contribution in [0.3, 0.4) is 0 Å². The predicted molar refractivity (Wildman–Crippen MR) is 74.9 cm³/mol. The van der Waals surface area contributed by atoms with Gasteiger partial charge >= 0.3 is 0 Å². The monoisotopic (exact) mass is 257 g/mol. The molecular weight excluding hydrogens is 238 g/mol. The molecule has 0 radical (unpaired) electrons.